The van der Waals surface area contributed by atoms with Gasteiger partial charge in [0.25, 0.3) is 0 Å². The molecule has 1 aliphatic heterocycles. The van der Waals surface area contributed by atoms with E-state index in [1.807, 2.05) is 26.2 Å². The van der Waals surface area contributed by atoms with Crippen molar-refractivity contribution in [2.45, 2.75) is 26.8 Å². The Morgan fingerprint density at radius 2 is 2.18 bits per heavy atom. The van der Waals surface area contributed by atoms with Gasteiger partial charge < -0.3 is 9.80 Å². The van der Waals surface area contributed by atoms with Crippen molar-refractivity contribution in [1.29, 1.82) is 0 Å². The summed E-state index contributed by atoms with van der Waals surface area (Å²) in [5.41, 5.74) is 0.786. The molecule has 0 bridgehead atoms. The maximum absolute atomic E-state index is 12.5. The zero-order valence-electron chi connectivity index (χ0n) is 13.1. The van der Waals surface area contributed by atoms with Crippen LogP contribution < -0.4 is 0 Å². The average Bonchev–Trinajstić information content (AvgIpc) is 3.14. The van der Waals surface area contributed by atoms with Crippen molar-refractivity contribution >= 4 is 41.0 Å². The van der Waals surface area contributed by atoms with E-state index in [2.05, 4.69) is 4.98 Å². The van der Waals surface area contributed by atoms with Crippen molar-refractivity contribution < 1.29 is 9.59 Å². The van der Waals surface area contributed by atoms with E-state index in [1.54, 1.807) is 39.0 Å². The largest absolute Gasteiger partial charge is 0.341 e. The number of rotatable bonds is 5. The summed E-state index contributed by atoms with van der Waals surface area (Å²) in [6, 6.07) is -0.348. The molecule has 1 aliphatic rings. The lowest BCUT2D eigenvalue weighted by Crippen LogP contribution is -2.48. The molecule has 0 aliphatic carbocycles. The zero-order valence-corrected chi connectivity index (χ0v) is 14.7. The lowest BCUT2D eigenvalue weighted by atomic mass is 10.2. The molecule has 0 spiro atoms. The molecule has 1 aromatic heterocycles. The Morgan fingerprint density at radius 3 is 2.77 bits per heavy atom. The predicted molar refractivity (Wildman–Crippen MR) is 91.8 cm³/mol. The number of thiazole rings is 1. The number of likely N-dealkylation sites (N-methyl/N-ethyl adjacent to an activating group) is 1. The number of thioether (sulfide) groups is 1. The van der Waals surface area contributed by atoms with E-state index in [4.69, 9.17) is 0 Å². The first-order valence-corrected chi connectivity index (χ1v) is 9.37. The third kappa shape index (κ3) is 3.89. The molecule has 0 aromatic carbocycles. The molecule has 1 aromatic rings. The molecule has 0 saturated carbocycles. The molecule has 2 amide bonds. The van der Waals surface area contributed by atoms with Gasteiger partial charge in [-0.25, -0.2) is 4.98 Å². The summed E-state index contributed by atoms with van der Waals surface area (Å²) in [5.74, 6) is 1.16. The second-order valence-electron chi connectivity index (χ2n) is 4.96. The van der Waals surface area contributed by atoms with Crippen molar-refractivity contribution in [2.75, 3.05) is 24.7 Å². The van der Waals surface area contributed by atoms with Crippen molar-refractivity contribution in [2.24, 2.45) is 0 Å². The Morgan fingerprint density at radius 1 is 1.45 bits per heavy atom. The minimum absolute atomic E-state index is 0.0428. The van der Waals surface area contributed by atoms with Crippen LogP contribution in [0.2, 0.25) is 0 Å². The molecule has 2 heterocycles. The van der Waals surface area contributed by atoms with Crippen LogP contribution in [0.15, 0.2) is 11.5 Å². The van der Waals surface area contributed by atoms with E-state index < -0.39 is 0 Å². The Kier molecular flexibility index (Phi) is 6.02. The van der Waals surface area contributed by atoms with Gasteiger partial charge >= 0.3 is 0 Å². The summed E-state index contributed by atoms with van der Waals surface area (Å²) >= 11 is 3.17. The number of carbonyl (C=O) groups excluding carboxylic acids is 2. The van der Waals surface area contributed by atoms with Gasteiger partial charge in [-0.1, -0.05) is 0 Å². The number of nitrogens with zero attached hydrogens (tertiary/aromatic N) is 3. The van der Waals surface area contributed by atoms with Gasteiger partial charge in [0.1, 0.15) is 6.04 Å². The van der Waals surface area contributed by atoms with E-state index >= 15 is 0 Å². The summed E-state index contributed by atoms with van der Waals surface area (Å²) in [6.45, 7) is 7.19. The van der Waals surface area contributed by atoms with Crippen LogP contribution in [0, 0.1) is 6.92 Å². The Bertz CT molecular complexity index is 567. The highest BCUT2D eigenvalue weighted by Crippen LogP contribution is 2.23. The van der Waals surface area contributed by atoms with Gasteiger partial charge in [-0.2, -0.15) is 0 Å². The Labute approximate surface area is 139 Å². The van der Waals surface area contributed by atoms with Crippen molar-refractivity contribution in [3.8, 4) is 0 Å². The second kappa shape index (κ2) is 7.78. The minimum atomic E-state index is -0.348. The fraction of sp³-hybridized carbons (Fsp3) is 0.533. The van der Waals surface area contributed by atoms with Gasteiger partial charge in [0.2, 0.25) is 11.8 Å². The Balaban J connectivity index is 2.04. The van der Waals surface area contributed by atoms with Crippen molar-refractivity contribution in [3.05, 3.63) is 22.2 Å². The highest BCUT2D eigenvalue weighted by atomic mass is 32.2. The second-order valence-corrected chi connectivity index (χ2v) is 7.02. The van der Waals surface area contributed by atoms with Gasteiger partial charge in [-0.15, -0.1) is 23.1 Å². The van der Waals surface area contributed by atoms with Gasteiger partial charge in [0.15, 0.2) is 0 Å². The fourth-order valence-electron chi connectivity index (χ4n) is 2.32. The molecular formula is C15H21N3O2S2. The number of carbonyl (C=O) groups is 2. The Hall–Kier alpha value is -1.34. The SMILES string of the molecule is CCN(CC)C(=O)[C@@H]1CSCN1C(=O)/C=C\c1csc(C)n1. The smallest absolute Gasteiger partial charge is 0.248 e. The fourth-order valence-corrected chi connectivity index (χ4v) is 4.06. The number of aryl methyl sites for hydroxylation is 1. The van der Waals surface area contributed by atoms with Crippen molar-refractivity contribution in [1.82, 2.24) is 14.8 Å². The van der Waals surface area contributed by atoms with Crippen LogP contribution in [-0.4, -0.2) is 57.4 Å². The number of amides is 2. The van der Waals surface area contributed by atoms with Gasteiger partial charge in [0, 0.05) is 30.3 Å². The molecule has 1 fully saturated rings. The third-order valence-corrected chi connectivity index (χ3v) is 5.36. The van der Waals surface area contributed by atoms with E-state index in [-0.39, 0.29) is 17.9 Å². The topological polar surface area (TPSA) is 53.5 Å². The van der Waals surface area contributed by atoms with Crippen molar-refractivity contribution in [3.63, 3.8) is 0 Å². The first kappa shape index (κ1) is 17.0. The number of hydrogen-bond donors (Lipinski definition) is 0. The van der Waals surface area contributed by atoms with E-state index in [0.29, 0.717) is 24.7 Å². The van der Waals surface area contributed by atoms with Crippen LogP contribution in [0.4, 0.5) is 0 Å². The maximum Gasteiger partial charge on any atom is 0.248 e. The summed E-state index contributed by atoms with van der Waals surface area (Å²) in [7, 11) is 0. The predicted octanol–water partition coefficient (Wildman–Crippen LogP) is 2.23. The lowest BCUT2D eigenvalue weighted by Gasteiger charge is -2.27. The first-order valence-electron chi connectivity index (χ1n) is 7.34. The average molecular weight is 339 g/mol. The number of aromatic nitrogens is 1. The van der Waals surface area contributed by atoms with Crippen LogP contribution in [-0.2, 0) is 9.59 Å². The molecule has 22 heavy (non-hydrogen) atoms. The maximum atomic E-state index is 12.5. The van der Waals surface area contributed by atoms with Crippen LogP contribution in [0.1, 0.15) is 24.5 Å². The summed E-state index contributed by atoms with van der Waals surface area (Å²) < 4.78 is 0. The molecule has 7 heteroatoms. The molecule has 5 nitrogen and oxygen atoms in total. The quantitative estimate of drug-likeness (QED) is 0.772. The molecule has 0 radical (unpaired) electrons. The molecule has 0 unspecified atom stereocenters. The zero-order chi connectivity index (χ0) is 16.1. The molecule has 1 saturated heterocycles. The highest BCUT2D eigenvalue weighted by molar-refractivity contribution is 7.99. The molecule has 0 N–H and O–H groups in total. The van der Waals surface area contributed by atoms with Crippen LogP contribution >= 0.6 is 23.1 Å². The lowest BCUT2D eigenvalue weighted by molar-refractivity contribution is -0.140. The first-order chi connectivity index (χ1) is 10.6. The van der Waals surface area contributed by atoms with Crippen LogP contribution in [0.25, 0.3) is 6.08 Å². The van der Waals surface area contributed by atoms with E-state index in [0.717, 1.165) is 10.7 Å². The van der Waals surface area contributed by atoms with Crippen LogP contribution in [0.5, 0.6) is 0 Å². The summed E-state index contributed by atoms with van der Waals surface area (Å²) in [5, 5.41) is 2.88. The van der Waals surface area contributed by atoms with E-state index in [1.165, 1.54) is 6.08 Å². The minimum Gasteiger partial charge on any atom is -0.341 e. The van der Waals surface area contributed by atoms with Gasteiger partial charge in [-0.3, -0.25) is 9.59 Å². The number of hydrogen-bond acceptors (Lipinski definition) is 5. The van der Waals surface area contributed by atoms with Gasteiger partial charge in [0.05, 0.1) is 16.6 Å². The molecule has 120 valence electrons. The molecule has 1 atom stereocenters. The summed E-state index contributed by atoms with van der Waals surface area (Å²) in [6.07, 6.45) is 3.23. The monoisotopic (exact) mass is 339 g/mol. The standard InChI is InChI=1S/C15H21N3O2S2/c1-4-17(5-2)15(20)13-9-21-10-18(13)14(19)7-6-12-8-22-11(3)16-12/h6-8,13H,4-5,9-10H2,1-3H3/b7-6-/t13-/m0/s1. The third-order valence-electron chi connectivity index (χ3n) is 3.56. The summed E-state index contributed by atoms with van der Waals surface area (Å²) in [4.78, 5) is 32.6. The highest BCUT2D eigenvalue weighted by Gasteiger charge is 2.35. The normalized spacial score (nSPS) is 18.1. The van der Waals surface area contributed by atoms with Gasteiger partial charge in [-0.05, 0) is 26.8 Å². The molecule has 2 rings (SSSR count). The van der Waals surface area contributed by atoms with Crippen LogP contribution in [0.3, 0.4) is 0 Å². The van der Waals surface area contributed by atoms with E-state index in [9.17, 15) is 9.59 Å². The molecular weight excluding hydrogens is 318 g/mol.